The zero-order chi connectivity index (χ0) is 71.8. The van der Waals surface area contributed by atoms with Gasteiger partial charge in [-0.2, -0.15) is 0 Å². The Kier molecular flexibility index (Phi) is 30.4. The van der Waals surface area contributed by atoms with Gasteiger partial charge in [0.15, 0.2) is 0 Å². The van der Waals surface area contributed by atoms with E-state index in [1.807, 2.05) is 85.8 Å². The number of methoxy groups -OCH3 is 1. The number of hydrogen-bond acceptors (Lipinski definition) is 17. The summed E-state index contributed by atoms with van der Waals surface area (Å²) in [5.41, 5.74) is 6.96. The number of hydrogen-bond donors (Lipinski definition) is 13. The van der Waals surface area contributed by atoms with Gasteiger partial charge in [0.25, 0.3) is 0 Å². The molecule has 28 nitrogen and oxygen atoms in total. The molecule has 0 radical (unpaired) electrons. The van der Waals surface area contributed by atoms with Crippen LogP contribution in [-0.2, 0) is 73.4 Å². The summed E-state index contributed by atoms with van der Waals surface area (Å²) in [6.07, 6.45) is -0.0167. The average molecular weight is 1350 g/mol. The highest BCUT2D eigenvalue weighted by molar-refractivity contribution is 6.01. The van der Waals surface area contributed by atoms with Crippen LogP contribution in [0.5, 0.6) is 11.5 Å². The number of nitrogens with two attached hydrogens (primary N) is 1. The van der Waals surface area contributed by atoms with Gasteiger partial charge in [-0.05, 0) is 111 Å². The molecule has 1 aliphatic carbocycles. The van der Waals surface area contributed by atoms with Crippen LogP contribution in [0.15, 0.2) is 78.9 Å². The largest absolute Gasteiger partial charge is 0.458 e. The number of aliphatic hydroxyl groups is 1. The summed E-state index contributed by atoms with van der Waals surface area (Å²) in [6.45, 7) is 15.0. The molecule has 2 fully saturated rings. The Morgan fingerprint density at radius 3 is 1.59 bits per heavy atom. The summed E-state index contributed by atoms with van der Waals surface area (Å²) in [4.78, 5) is 167. The second kappa shape index (κ2) is 37.5. The van der Waals surface area contributed by atoms with Gasteiger partial charge < -0.3 is 83.5 Å². The zero-order valence-electron chi connectivity index (χ0n) is 57.6. The Morgan fingerprint density at radius 1 is 0.608 bits per heavy atom. The van der Waals surface area contributed by atoms with Crippen LogP contribution in [-0.4, -0.2) is 175 Å². The molecule has 15 atom stereocenters. The van der Waals surface area contributed by atoms with Gasteiger partial charge in [-0.15, -0.1) is 0 Å². The molecule has 1 saturated heterocycles. The average Bonchev–Trinajstić information content (AvgIpc) is 1.63. The van der Waals surface area contributed by atoms with Crippen LogP contribution in [0, 0.1) is 23.7 Å². The van der Waals surface area contributed by atoms with Gasteiger partial charge in [0, 0.05) is 13.5 Å². The van der Waals surface area contributed by atoms with E-state index >= 15 is 0 Å². The minimum atomic E-state index is -1.80. The number of ether oxygens (including phenoxy) is 3. The van der Waals surface area contributed by atoms with Crippen molar-refractivity contribution < 1.29 is 76.9 Å². The lowest BCUT2D eigenvalue weighted by Gasteiger charge is -2.31. The van der Waals surface area contributed by atoms with Gasteiger partial charge in [-0.1, -0.05) is 136 Å². The molecule has 1 saturated carbocycles. The molecule has 0 aromatic heterocycles. The maximum Gasteiger partial charge on any atom is 0.329 e. The molecule has 0 bridgehead atoms. The number of amides is 11. The third-order valence-electron chi connectivity index (χ3n) is 18.1. The van der Waals surface area contributed by atoms with E-state index in [1.54, 1.807) is 55.5 Å². The van der Waals surface area contributed by atoms with E-state index in [2.05, 4.69) is 58.5 Å². The minimum absolute atomic E-state index is 0.256. The van der Waals surface area contributed by atoms with Crippen LogP contribution in [0.4, 0.5) is 0 Å². The van der Waals surface area contributed by atoms with Crippen LogP contribution in [0.3, 0.4) is 0 Å². The van der Waals surface area contributed by atoms with Crippen molar-refractivity contribution in [2.45, 2.75) is 199 Å². The summed E-state index contributed by atoms with van der Waals surface area (Å²) in [5, 5.41) is 39.7. The number of rotatable bonds is 34. The van der Waals surface area contributed by atoms with Crippen LogP contribution in [0.25, 0.3) is 11.1 Å². The van der Waals surface area contributed by atoms with Crippen LogP contribution >= 0.6 is 0 Å². The van der Waals surface area contributed by atoms with Crippen molar-refractivity contribution in [3.63, 3.8) is 0 Å². The van der Waals surface area contributed by atoms with Gasteiger partial charge >= 0.3 is 5.97 Å². The predicted octanol–water partition coefficient (Wildman–Crippen LogP) is 1.34. The lowest BCUT2D eigenvalue weighted by atomic mass is 9.94. The number of carbonyl (C=O) groups is 12. The number of esters is 1. The fourth-order valence-electron chi connectivity index (χ4n) is 10.7. The van der Waals surface area contributed by atoms with Crippen LogP contribution < -0.4 is 69.0 Å². The SMILES string of the molecule is CC[C@H](C)[C@H](NC(=O)[C@@H](Cc1ccc(-c2ccc(Oc3ccccc3)cc2)cc1)NC)C(=O)N[C@@H](COC)C(=O)N[C@H](CCC(N)=O)C(=O)N[C@@H](C(=O)N[C@H](C(=O)N[C@@H](CO)C(=O)N[C@H]1C(=O)N[C@@H](C)C(=O)NC2(CC2)C(=O)N[C@@H]([C@@H](C)CC)C(=O)O[C@H]1C)[C@@H](C)CC)[C@@H](C)CC. The topological polar surface area (TPSA) is 411 Å². The second-order valence-electron chi connectivity index (χ2n) is 25.4. The molecule has 2 aliphatic rings. The standard InChI is InChI=1S/C69H100N12O16/c1-13-37(5)53(77-60(86)49(71-11)34-43-22-24-44(25-23-43)45-26-28-47(29-27-45)97-46-20-18-17-19-21-46)64(90)75-51(36-95-12)62(88)73-48(30-31-52(70)83)59(85)76-55(39(7)15-3)65(91)78-54(38(6)14-2)63(89)74-50(35-82)61(87)79-57-42(10)96-67(93)56(40(8)16-4)80-68(94)69(32-33-69)81-58(84)41(9)72-66(57)92/h17-29,37-42,48-51,53-57,71,82H,13-16,30-36H2,1-12H3,(H2,70,83)(H,72,92)(H,73,88)(H,74,89)(H,75,90)(H,76,85)(H,77,86)(H,78,91)(H,79,87)(H,80,94)(H,81,84)/t37-,38-,39-,40-,41-,42-,48+,49+,50-,51-,53-,54-,55+,56-,57+/m0/s1. The van der Waals surface area contributed by atoms with Crippen molar-refractivity contribution in [2.24, 2.45) is 29.4 Å². The van der Waals surface area contributed by atoms with E-state index in [-0.39, 0.29) is 38.5 Å². The number of benzene rings is 3. The highest BCUT2D eigenvalue weighted by Crippen LogP contribution is 2.36. The monoisotopic (exact) mass is 1350 g/mol. The fourth-order valence-corrected chi connectivity index (χ4v) is 10.7. The molecule has 5 rings (SSSR count). The van der Waals surface area contributed by atoms with E-state index in [1.165, 1.54) is 21.0 Å². The molecule has 0 unspecified atom stereocenters. The first-order valence-electron chi connectivity index (χ1n) is 33.3. The third-order valence-corrected chi connectivity index (χ3v) is 18.1. The lowest BCUT2D eigenvalue weighted by molar-refractivity contribution is -0.157. The molecule has 1 spiro atoms. The molecular formula is C69H100N12O16. The van der Waals surface area contributed by atoms with E-state index in [0.717, 1.165) is 22.4 Å². The normalized spacial score (nSPS) is 20.4. The molecule has 14 N–H and O–H groups in total. The van der Waals surface area contributed by atoms with Crippen molar-refractivity contribution in [1.29, 1.82) is 0 Å². The predicted molar refractivity (Wildman–Crippen MR) is 359 cm³/mol. The maximum atomic E-state index is 14.5. The first-order valence-corrected chi connectivity index (χ1v) is 33.3. The fraction of sp³-hybridized carbons (Fsp3) is 0.565. The number of nitrogens with one attached hydrogen (secondary N) is 11. The maximum absolute atomic E-state index is 14.5. The summed E-state index contributed by atoms with van der Waals surface area (Å²) in [7, 11) is 2.90. The quantitative estimate of drug-likeness (QED) is 0.0375. The molecule has 3 aromatic rings. The summed E-state index contributed by atoms with van der Waals surface area (Å²) >= 11 is 0. The van der Waals surface area contributed by atoms with Gasteiger partial charge in [0.05, 0.1) is 19.3 Å². The summed E-state index contributed by atoms with van der Waals surface area (Å²) in [5.74, 6) is -11.0. The summed E-state index contributed by atoms with van der Waals surface area (Å²) in [6, 6.07) is 11.0. The van der Waals surface area contributed by atoms with E-state index in [4.69, 9.17) is 19.9 Å². The number of cyclic esters (lactones) is 1. The number of para-hydroxylation sites is 1. The number of aliphatic hydroxyl groups excluding tert-OH is 1. The number of likely N-dealkylation sites (N-methyl/N-ethyl adjacent to an activating group) is 1. The minimum Gasteiger partial charge on any atom is -0.458 e. The Labute approximate surface area is 567 Å². The van der Waals surface area contributed by atoms with Crippen molar-refractivity contribution in [3.05, 3.63) is 84.4 Å². The van der Waals surface area contributed by atoms with Gasteiger partial charge in [0.2, 0.25) is 65.0 Å². The molecule has 97 heavy (non-hydrogen) atoms. The Bertz CT molecular complexity index is 3210. The van der Waals surface area contributed by atoms with Crippen molar-refractivity contribution in [2.75, 3.05) is 27.4 Å². The highest BCUT2D eigenvalue weighted by Gasteiger charge is 2.53. The molecule has 1 heterocycles. The molecular weight excluding hydrogens is 1250 g/mol. The van der Waals surface area contributed by atoms with Crippen molar-refractivity contribution >= 4 is 70.9 Å². The molecule has 3 aromatic carbocycles. The second-order valence-corrected chi connectivity index (χ2v) is 25.4. The smallest absolute Gasteiger partial charge is 0.329 e. The lowest BCUT2D eigenvalue weighted by Crippen LogP contribution is -2.63. The number of carbonyl (C=O) groups excluding carboxylic acids is 12. The Hall–Kier alpha value is -9.02. The van der Waals surface area contributed by atoms with E-state index in [0.29, 0.717) is 18.6 Å². The summed E-state index contributed by atoms with van der Waals surface area (Å²) < 4.78 is 17.0. The first kappa shape index (κ1) is 78.7. The van der Waals surface area contributed by atoms with Crippen molar-refractivity contribution in [1.82, 2.24) is 58.5 Å². The van der Waals surface area contributed by atoms with Crippen LogP contribution in [0.1, 0.15) is 126 Å². The molecule has 28 heteroatoms. The first-order chi connectivity index (χ1) is 46.1. The third kappa shape index (κ3) is 22.5. The molecule has 11 amide bonds. The van der Waals surface area contributed by atoms with E-state index in [9.17, 15) is 62.6 Å². The van der Waals surface area contributed by atoms with Gasteiger partial charge in [-0.25, -0.2) is 4.79 Å². The number of primary amides is 1. The van der Waals surface area contributed by atoms with Gasteiger partial charge in [0.1, 0.15) is 77.5 Å². The zero-order valence-corrected chi connectivity index (χ0v) is 57.6. The van der Waals surface area contributed by atoms with Crippen LogP contribution in [0.2, 0.25) is 0 Å². The highest BCUT2D eigenvalue weighted by atomic mass is 16.5. The Balaban J connectivity index is 1.27. The van der Waals surface area contributed by atoms with Gasteiger partial charge in [-0.3, -0.25) is 52.7 Å². The Morgan fingerprint density at radius 2 is 1.09 bits per heavy atom. The van der Waals surface area contributed by atoms with E-state index < -0.39 is 186 Å². The van der Waals surface area contributed by atoms with Crippen molar-refractivity contribution in [3.8, 4) is 22.6 Å². The molecule has 1 aliphatic heterocycles. The molecule has 532 valence electrons.